The first-order valence-corrected chi connectivity index (χ1v) is 11.0. The summed E-state index contributed by atoms with van der Waals surface area (Å²) in [4.78, 5) is 35.1. The Morgan fingerprint density at radius 3 is 1.83 bits per heavy atom. The fourth-order valence-electron chi connectivity index (χ4n) is 4.19. The van der Waals surface area contributed by atoms with Crippen LogP contribution in [0.4, 0.5) is 0 Å². The van der Waals surface area contributed by atoms with Crippen LogP contribution in [0.1, 0.15) is 105 Å². The molecule has 0 aliphatic heterocycles. The molecule has 0 bridgehead atoms. The van der Waals surface area contributed by atoms with Crippen molar-refractivity contribution < 1.29 is 34.4 Å². The van der Waals surface area contributed by atoms with E-state index in [9.17, 15) is 24.6 Å². The molecular formula is C22H40O7. The molecule has 7 heteroatoms. The van der Waals surface area contributed by atoms with Crippen molar-refractivity contribution >= 4 is 17.9 Å². The molecule has 7 nitrogen and oxygen atoms in total. The third-order valence-electron chi connectivity index (χ3n) is 5.48. The monoisotopic (exact) mass is 416 g/mol. The van der Waals surface area contributed by atoms with E-state index < -0.39 is 42.0 Å². The smallest absolute Gasteiger partial charge is 0.336 e. The zero-order valence-corrected chi connectivity index (χ0v) is 18.5. The maximum absolute atomic E-state index is 12.7. The van der Waals surface area contributed by atoms with Crippen molar-refractivity contribution in [1.82, 2.24) is 0 Å². The van der Waals surface area contributed by atoms with Gasteiger partial charge < -0.3 is 20.1 Å². The van der Waals surface area contributed by atoms with E-state index in [1.807, 2.05) is 13.8 Å². The van der Waals surface area contributed by atoms with Gasteiger partial charge in [-0.3, -0.25) is 9.59 Å². The van der Waals surface area contributed by atoms with Crippen molar-refractivity contribution in [2.75, 3.05) is 0 Å². The Labute approximate surface area is 174 Å². The van der Waals surface area contributed by atoms with Gasteiger partial charge in [-0.05, 0) is 31.6 Å². The Kier molecular flexibility index (Phi) is 12.8. The number of hydrogen-bond donors (Lipinski definition) is 3. The fourth-order valence-corrected chi connectivity index (χ4v) is 4.19. The number of aliphatic carboxylic acids is 2. The second-order valence-corrected chi connectivity index (χ2v) is 8.10. The van der Waals surface area contributed by atoms with E-state index in [1.54, 1.807) is 0 Å². The number of rotatable bonds is 17. The summed E-state index contributed by atoms with van der Waals surface area (Å²) in [6.45, 7) is 8.26. The third kappa shape index (κ3) is 9.15. The molecule has 0 heterocycles. The Balaban J connectivity index is 5.68. The van der Waals surface area contributed by atoms with Crippen LogP contribution < -0.4 is 0 Å². The zero-order valence-electron chi connectivity index (χ0n) is 18.5. The minimum absolute atomic E-state index is 0.153. The van der Waals surface area contributed by atoms with E-state index in [0.29, 0.717) is 12.8 Å². The van der Waals surface area contributed by atoms with Gasteiger partial charge in [0.25, 0.3) is 0 Å². The maximum Gasteiger partial charge on any atom is 0.336 e. The highest BCUT2D eigenvalue weighted by Crippen LogP contribution is 2.39. The molecule has 170 valence electrons. The minimum Gasteiger partial charge on any atom is -0.481 e. The minimum atomic E-state index is -2.67. The lowest BCUT2D eigenvalue weighted by atomic mass is 9.75. The SMILES string of the molecule is CCCCCC(CCC)C(CCC)(CCC)OC(=O)CC(O)(CC(=O)O)C(=O)O. The lowest BCUT2D eigenvalue weighted by Gasteiger charge is -2.41. The summed E-state index contributed by atoms with van der Waals surface area (Å²) in [7, 11) is 0. The van der Waals surface area contributed by atoms with Gasteiger partial charge >= 0.3 is 17.9 Å². The van der Waals surface area contributed by atoms with Crippen LogP contribution in [0.15, 0.2) is 0 Å². The predicted molar refractivity (Wildman–Crippen MR) is 111 cm³/mol. The summed E-state index contributed by atoms with van der Waals surface area (Å²) in [6.07, 6.45) is 6.99. The van der Waals surface area contributed by atoms with Gasteiger partial charge in [0.05, 0.1) is 12.8 Å². The van der Waals surface area contributed by atoms with Gasteiger partial charge in [-0.15, -0.1) is 0 Å². The quantitative estimate of drug-likeness (QED) is 0.235. The third-order valence-corrected chi connectivity index (χ3v) is 5.48. The van der Waals surface area contributed by atoms with Gasteiger partial charge in [-0.1, -0.05) is 66.2 Å². The molecule has 0 radical (unpaired) electrons. The van der Waals surface area contributed by atoms with E-state index in [0.717, 1.165) is 51.4 Å². The van der Waals surface area contributed by atoms with E-state index >= 15 is 0 Å². The Morgan fingerprint density at radius 2 is 1.41 bits per heavy atom. The number of carbonyl (C=O) groups excluding carboxylic acids is 1. The first-order chi connectivity index (χ1) is 13.6. The van der Waals surface area contributed by atoms with Crippen molar-refractivity contribution in [2.24, 2.45) is 5.92 Å². The summed E-state index contributed by atoms with van der Waals surface area (Å²) < 4.78 is 5.94. The van der Waals surface area contributed by atoms with Gasteiger partial charge in [0.15, 0.2) is 5.60 Å². The highest BCUT2D eigenvalue weighted by molar-refractivity contribution is 5.88. The lowest BCUT2D eigenvalue weighted by Crippen LogP contribution is -2.47. The second kappa shape index (κ2) is 13.6. The topological polar surface area (TPSA) is 121 Å². The van der Waals surface area contributed by atoms with Gasteiger partial charge in [0.2, 0.25) is 0 Å². The summed E-state index contributed by atoms with van der Waals surface area (Å²) in [6, 6.07) is 0. The highest BCUT2D eigenvalue weighted by Gasteiger charge is 2.45. The fraction of sp³-hybridized carbons (Fsp3) is 0.864. The largest absolute Gasteiger partial charge is 0.481 e. The molecule has 0 aliphatic carbocycles. The number of aliphatic hydroxyl groups is 1. The zero-order chi connectivity index (χ0) is 22.5. The number of carboxylic acids is 2. The molecule has 0 aromatic rings. The first kappa shape index (κ1) is 27.4. The molecule has 2 atom stereocenters. The summed E-state index contributed by atoms with van der Waals surface area (Å²) in [5, 5.41) is 28.4. The average Bonchev–Trinajstić information content (AvgIpc) is 2.60. The van der Waals surface area contributed by atoms with Crippen LogP contribution in [0.25, 0.3) is 0 Å². The van der Waals surface area contributed by atoms with E-state index in [2.05, 4.69) is 13.8 Å². The molecular weight excluding hydrogens is 376 g/mol. The van der Waals surface area contributed by atoms with Crippen LogP contribution in [0.2, 0.25) is 0 Å². The van der Waals surface area contributed by atoms with Crippen molar-refractivity contribution in [3.8, 4) is 0 Å². The van der Waals surface area contributed by atoms with Crippen LogP contribution in [-0.2, 0) is 19.1 Å². The molecule has 0 saturated heterocycles. The molecule has 0 saturated carbocycles. The average molecular weight is 417 g/mol. The lowest BCUT2D eigenvalue weighted by molar-refractivity contribution is -0.183. The summed E-state index contributed by atoms with van der Waals surface area (Å²) in [5.41, 5.74) is -3.39. The molecule has 0 aromatic carbocycles. The Morgan fingerprint density at radius 1 is 0.828 bits per heavy atom. The van der Waals surface area contributed by atoms with Gasteiger partial charge in [-0.25, -0.2) is 4.79 Å². The molecule has 0 spiro atoms. The number of carbonyl (C=O) groups is 3. The Bertz CT molecular complexity index is 511. The number of ether oxygens (including phenoxy) is 1. The molecule has 3 N–H and O–H groups in total. The number of unbranched alkanes of at least 4 members (excludes halogenated alkanes) is 2. The predicted octanol–water partition coefficient (Wildman–Crippen LogP) is 4.55. The van der Waals surface area contributed by atoms with Crippen LogP contribution in [-0.4, -0.2) is 44.4 Å². The molecule has 29 heavy (non-hydrogen) atoms. The highest BCUT2D eigenvalue weighted by atomic mass is 16.6. The van der Waals surface area contributed by atoms with Crippen LogP contribution >= 0.6 is 0 Å². The number of carboxylic acid groups (broad SMARTS) is 2. The van der Waals surface area contributed by atoms with Crippen molar-refractivity contribution in [2.45, 2.75) is 116 Å². The molecule has 0 rings (SSSR count). The van der Waals surface area contributed by atoms with Crippen LogP contribution in [0, 0.1) is 5.92 Å². The van der Waals surface area contributed by atoms with E-state index in [4.69, 9.17) is 9.84 Å². The molecule has 0 aliphatic rings. The van der Waals surface area contributed by atoms with Crippen LogP contribution in [0.5, 0.6) is 0 Å². The molecule has 0 fully saturated rings. The van der Waals surface area contributed by atoms with Gasteiger partial charge in [0, 0.05) is 0 Å². The maximum atomic E-state index is 12.7. The van der Waals surface area contributed by atoms with E-state index in [-0.39, 0.29) is 5.92 Å². The van der Waals surface area contributed by atoms with Crippen molar-refractivity contribution in [3.63, 3.8) is 0 Å². The van der Waals surface area contributed by atoms with Gasteiger partial charge in [-0.2, -0.15) is 0 Å². The van der Waals surface area contributed by atoms with Crippen LogP contribution in [0.3, 0.4) is 0 Å². The first-order valence-electron chi connectivity index (χ1n) is 11.0. The Hall–Kier alpha value is -1.63. The normalized spacial score (nSPS) is 14.8. The van der Waals surface area contributed by atoms with Crippen molar-refractivity contribution in [1.29, 1.82) is 0 Å². The standard InChI is InChI=1S/C22H40O7/c1-5-9-10-12-17(11-6-2)22(13-7-3,14-8-4)29-19(25)16-21(28,20(26)27)15-18(23)24/h17,28H,5-16H2,1-4H3,(H,23,24)(H,26,27). The summed E-state index contributed by atoms with van der Waals surface area (Å²) in [5.74, 6) is -3.92. The van der Waals surface area contributed by atoms with Gasteiger partial charge in [0.1, 0.15) is 5.60 Å². The molecule has 0 aromatic heterocycles. The second-order valence-electron chi connectivity index (χ2n) is 8.10. The number of hydrogen-bond acceptors (Lipinski definition) is 5. The molecule has 0 amide bonds. The van der Waals surface area contributed by atoms with Crippen molar-refractivity contribution in [3.05, 3.63) is 0 Å². The van der Waals surface area contributed by atoms with E-state index in [1.165, 1.54) is 0 Å². The summed E-state index contributed by atoms with van der Waals surface area (Å²) >= 11 is 0. The number of esters is 1. The molecule has 2 unspecified atom stereocenters.